The van der Waals surface area contributed by atoms with Crippen LogP contribution in [0.25, 0.3) is 6.08 Å². The van der Waals surface area contributed by atoms with Crippen LogP contribution < -0.4 is 5.32 Å². The fourth-order valence-electron chi connectivity index (χ4n) is 4.24. The van der Waals surface area contributed by atoms with Crippen molar-refractivity contribution < 1.29 is 14.3 Å². The van der Waals surface area contributed by atoms with Gasteiger partial charge in [0.2, 0.25) is 5.91 Å². The lowest BCUT2D eigenvalue weighted by Gasteiger charge is -2.32. The number of nitrogens with zero attached hydrogens (tertiary/aromatic N) is 1. The number of aromatic nitrogens is 1. The van der Waals surface area contributed by atoms with Gasteiger partial charge in [-0.2, -0.15) is 0 Å². The van der Waals surface area contributed by atoms with Crippen molar-refractivity contribution in [1.82, 2.24) is 10.3 Å². The lowest BCUT2D eigenvalue weighted by Crippen LogP contribution is -2.37. The number of hydrogen-bond donors (Lipinski definition) is 2. The van der Waals surface area contributed by atoms with Gasteiger partial charge in [-0.25, -0.2) is 4.39 Å². The summed E-state index contributed by atoms with van der Waals surface area (Å²) in [7, 11) is 0. The number of carbonyl (C=O) groups excluding carboxylic acids is 1. The van der Waals surface area contributed by atoms with E-state index in [4.69, 9.17) is 11.6 Å². The number of benzene rings is 1. The van der Waals surface area contributed by atoms with Crippen molar-refractivity contribution in [1.29, 1.82) is 0 Å². The number of amides is 1. The van der Waals surface area contributed by atoms with Gasteiger partial charge in [-0.05, 0) is 66.5 Å². The fourth-order valence-corrected chi connectivity index (χ4v) is 5.36. The van der Waals surface area contributed by atoms with Gasteiger partial charge in [0.15, 0.2) is 5.50 Å². The number of allylic oxidation sites excluding steroid dienone is 1. The molecule has 1 amide bonds. The van der Waals surface area contributed by atoms with E-state index in [0.29, 0.717) is 29.1 Å². The van der Waals surface area contributed by atoms with Crippen LogP contribution in [0.15, 0.2) is 60.2 Å². The number of thioether (sulfide) groups is 1. The second-order valence-corrected chi connectivity index (χ2v) is 9.31. The standard InChI is InChI=1S/C24H24ClFN2O2S/c25-17-5-3-16(4-6-17)24(13-15-31-23(24)26)20-2-1-14-27-21(20)11-12-22(30)28-18-7-9-19(29)10-8-18/h1-6,11-15,18-19,23,29H,7-10H2,(H,28,30). The van der Waals surface area contributed by atoms with Crippen molar-refractivity contribution in [3.05, 3.63) is 82.0 Å². The Morgan fingerprint density at radius 2 is 1.97 bits per heavy atom. The predicted molar refractivity (Wildman–Crippen MR) is 124 cm³/mol. The Kier molecular flexibility index (Phi) is 6.80. The minimum atomic E-state index is -1.23. The third-order valence-corrected chi connectivity index (χ3v) is 7.08. The number of hydrogen-bond acceptors (Lipinski definition) is 4. The number of aliphatic hydroxyl groups is 1. The van der Waals surface area contributed by atoms with E-state index < -0.39 is 10.9 Å². The van der Waals surface area contributed by atoms with Gasteiger partial charge in [-0.1, -0.05) is 47.6 Å². The Morgan fingerprint density at radius 3 is 2.65 bits per heavy atom. The molecule has 2 atom stereocenters. The van der Waals surface area contributed by atoms with Crippen LogP contribution in [0.3, 0.4) is 0 Å². The number of carbonyl (C=O) groups is 1. The molecule has 7 heteroatoms. The van der Waals surface area contributed by atoms with Crippen molar-refractivity contribution in [2.24, 2.45) is 0 Å². The summed E-state index contributed by atoms with van der Waals surface area (Å²) in [5, 5.41) is 15.0. The molecule has 0 saturated heterocycles. The van der Waals surface area contributed by atoms with Gasteiger partial charge >= 0.3 is 0 Å². The maximum atomic E-state index is 15.4. The first kappa shape index (κ1) is 22.1. The van der Waals surface area contributed by atoms with Crippen LogP contribution in [0.1, 0.15) is 42.5 Å². The second kappa shape index (κ2) is 9.55. The van der Waals surface area contributed by atoms with Crippen molar-refractivity contribution in [3.63, 3.8) is 0 Å². The highest BCUT2D eigenvalue weighted by atomic mass is 35.5. The van der Waals surface area contributed by atoms with E-state index in [2.05, 4.69) is 10.3 Å². The van der Waals surface area contributed by atoms with E-state index in [1.807, 2.05) is 24.3 Å². The zero-order valence-electron chi connectivity index (χ0n) is 16.9. The first-order chi connectivity index (χ1) is 15.0. The van der Waals surface area contributed by atoms with Crippen LogP contribution in [0.2, 0.25) is 5.02 Å². The third kappa shape index (κ3) is 4.71. The molecule has 1 aromatic carbocycles. The van der Waals surface area contributed by atoms with Gasteiger partial charge in [0.05, 0.1) is 17.2 Å². The molecule has 2 aromatic rings. The molecule has 4 rings (SSSR count). The maximum Gasteiger partial charge on any atom is 0.244 e. The highest BCUT2D eigenvalue weighted by Crippen LogP contribution is 2.49. The van der Waals surface area contributed by atoms with Crippen LogP contribution in [0.4, 0.5) is 4.39 Å². The predicted octanol–water partition coefficient (Wildman–Crippen LogP) is 5.01. The van der Waals surface area contributed by atoms with Gasteiger partial charge in [0.25, 0.3) is 0 Å². The fraction of sp³-hybridized carbons (Fsp3) is 0.333. The van der Waals surface area contributed by atoms with E-state index in [1.165, 1.54) is 6.08 Å². The monoisotopic (exact) mass is 458 g/mol. The molecule has 2 heterocycles. The first-order valence-electron chi connectivity index (χ1n) is 10.3. The van der Waals surface area contributed by atoms with Crippen LogP contribution in [-0.2, 0) is 10.2 Å². The summed E-state index contributed by atoms with van der Waals surface area (Å²) in [4.78, 5) is 16.9. The number of rotatable bonds is 5. The molecule has 1 aliphatic heterocycles. The van der Waals surface area contributed by atoms with Gasteiger partial charge in [0.1, 0.15) is 0 Å². The lowest BCUT2D eigenvalue weighted by molar-refractivity contribution is -0.117. The molecule has 0 spiro atoms. The molecule has 1 fully saturated rings. The van der Waals surface area contributed by atoms with Crippen LogP contribution in [0.5, 0.6) is 0 Å². The van der Waals surface area contributed by atoms with Crippen molar-refractivity contribution in [2.75, 3.05) is 0 Å². The Balaban J connectivity index is 1.61. The summed E-state index contributed by atoms with van der Waals surface area (Å²) in [6.07, 6.45) is 9.24. The van der Waals surface area contributed by atoms with Gasteiger partial charge in [-0.15, -0.1) is 0 Å². The average molecular weight is 459 g/mol. The number of halogens is 2. The summed E-state index contributed by atoms with van der Waals surface area (Å²) in [5.74, 6) is -0.216. The van der Waals surface area contributed by atoms with E-state index in [1.54, 1.807) is 35.9 Å². The van der Waals surface area contributed by atoms with Crippen molar-refractivity contribution in [3.8, 4) is 0 Å². The van der Waals surface area contributed by atoms with Gasteiger partial charge in [0, 0.05) is 23.3 Å². The molecular formula is C24H24ClFN2O2S. The Morgan fingerprint density at radius 1 is 1.23 bits per heavy atom. The number of alkyl halides is 1. The second-order valence-electron chi connectivity index (χ2n) is 7.91. The lowest BCUT2D eigenvalue weighted by atomic mass is 9.74. The Labute approximate surface area is 190 Å². The topological polar surface area (TPSA) is 62.2 Å². The SMILES string of the molecule is O=C(C=Cc1ncccc1C1(c2ccc(Cl)cc2)C=CSC1F)NC1CCC(O)CC1. The van der Waals surface area contributed by atoms with Crippen LogP contribution >= 0.6 is 23.4 Å². The van der Waals surface area contributed by atoms with Gasteiger partial charge in [-0.3, -0.25) is 9.78 Å². The molecule has 4 nitrogen and oxygen atoms in total. The quantitative estimate of drug-likeness (QED) is 0.618. The highest BCUT2D eigenvalue weighted by Gasteiger charge is 2.45. The average Bonchev–Trinajstić information content (AvgIpc) is 3.16. The Hall–Kier alpha value is -2.15. The summed E-state index contributed by atoms with van der Waals surface area (Å²) in [5.41, 5.74) is -0.234. The Bertz CT molecular complexity index is 989. The van der Waals surface area contributed by atoms with E-state index in [9.17, 15) is 9.90 Å². The molecule has 0 bridgehead atoms. The minimum Gasteiger partial charge on any atom is -0.393 e. The largest absolute Gasteiger partial charge is 0.393 e. The normalized spacial score (nSPS) is 28.2. The highest BCUT2D eigenvalue weighted by molar-refractivity contribution is 8.02. The zero-order chi connectivity index (χ0) is 21.8. The maximum absolute atomic E-state index is 15.4. The minimum absolute atomic E-state index is 0.0635. The molecule has 2 N–H and O–H groups in total. The molecule has 2 unspecified atom stereocenters. The van der Waals surface area contributed by atoms with Crippen molar-refractivity contribution in [2.45, 2.75) is 48.7 Å². The zero-order valence-corrected chi connectivity index (χ0v) is 18.5. The molecule has 1 aliphatic carbocycles. The summed E-state index contributed by atoms with van der Waals surface area (Å²) in [6, 6.07) is 10.9. The van der Waals surface area contributed by atoms with E-state index in [-0.39, 0.29) is 18.1 Å². The van der Waals surface area contributed by atoms with Crippen LogP contribution in [0, 0.1) is 0 Å². The molecule has 162 valence electrons. The van der Waals surface area contributed by atoms with E-state index in [0.717, 1.165) is 30.2 Å². The number of nitrogens with one attached hydrogen (secondary N) is 1. The molecule has 31 heavy (non-hydrogen) atoms. The summed E-state index contributed by atoms with van der Waals surface area (Å²) < 4.78 is 15.4. The number of aliphatic hydroxyl groups excluding tert-OH is 1. The van der Waals surface area contributed by atoms with E-state index >= 15 is 4.39 Å². The molecule has 0 radical (unpaired) electrons. The first-order valence-corrected chi connectivity index (χ1v) is 11.7. The molecule has 1 saturated carbocycles. The molecule has 1 aromatic heterocycles. The number of pyridine rings is 1. The van der Waals surface area contributed by atoms with Crippen molar-refractivity contribution >= 4 is 35.3 Å². The molecular weight excluding hydrogens is 435 g/mol. The third-order valence-electron chi connectivity index (χ3n) is 5.93. The summed E-state index contributed by atoms with van der Waals surface area (Å²) in [6.45, 7) is 0. The van der Waals surface area contributed by atoms with Gasteiger partial charge < -0.3 is 10.4 Å². The molecule has 2 aliphatic rings. The smallest absolute Gasteiger partial charge is 0.244 e. The van der Waals surface area contributed by atoms with Crippen LogP contribution in [-0.4, -0.2) is 33.6 Å². The summed E-state index contributed by atoms with van der Waals surface area (Å²) >= 11 is 7.17.